The molecule has 1 amide bonds. The van der Waals surface area contributed by atoms with Crippen molar-refractivity contribution >= 4 is 41.1 Å². The SMILES string of the molecule is C=C(C)SC.CC/C=C(/C=C(\CC)C1CCN(C(=O)OC(C)(C)C)CC1)COc1ccc(C(C)(C)c2cc(Cl)c(OCCCl)c(C#N)c2)cc1. The molecule has 0 spiro atoms. The summed E-state index contributed by atoms with van der Waals surface area (Å²) in [6.07, 6.45) is 10.0. The van der Waals surface area contributed by atoms with E-state index in [0.717, 1.165) is 48.1 Å². The van der Waals surface area contributed by atoms with Crippen LogP contribution in [0.4, 0.5) is 4.79 Å². The van der Waals surface area contributed by atoms with E-state index in [1.54, 1.807) is 11.8 Å². The minimum atomic E-state index is -0.485. The molecule has 0 saturated carbocycles. The summed E-state index contributed by atoms with van der Waals surface area (Å²) in [5.74, 6) is 1.90. The van der Waals surface area contributed by atoms with Gasteiger partial charge in [0.15, 0.2) is 5.75 Å². The van der Waals surface area contributed by atoms with Crippen LogP contribution in [-0.2, 0) is 10.2 Å². The van der Waals surface area contributed by atoms with Gasteiger partial charge in [0.1, 0.15) is 30.6 Å². The lowest BCUT2D eigenvalue weighted by Gasteiger charge is -2.34. The number of carbonyl (C=O) groups is 1. The molecule has 1 saturated heterocycles. The van der Waals surface area contributed by atoms with E-state index < -0.39 is 11.0 Å². The van der Waals surface area contributed by atoms with Crippen LogP contribution in [0.5, 0.6) is 11.5 Å². The quantitative estimate of drug-likeness (QED) is 0.150. The number of allylic oxidation sites excluding steroid dienone is 3. The highest BCUT2D eigenvalue weighted by molar-refractivity contribution is 8.02. The van der Waals surface area contributed by atoms with Gasteiger partial charge in [0.2, 0.25) is 0 Å². The van der Waals surface area contributed by atoms with Crippen molar-refractivity contribution in [2.75, 3.05) is 38.4 Å². The molecule has 1 aliphatic rings. The van der Waals surface area contributed by atoms with Crippen LogP contribution in [0.15, 0.2) is 71.2 Å². The molecule has 6 nitrogen and oxygen atoms in total. The summed E-state index contributed by atoms with van der Waals surface area (Å²) in [5.41, 5.74) is 4.03. The molecular weight excluding hydrogens is 687 g/mol. The number of likely N-dealkylation sites (tertiary alicyclic amines) is 1. The van der Waals surface area contributed by atoms with Gasteiger partial charge in [-0.3, -0.25) is 0 Å². The van der Waals surface area contributed by atoms with E-state index >= 15 is 0 Å². The summed E-state index contributed by atoms with van der Waals surface area (Å²) in [4.78, 5) is 15.5. The van der Waals surface area contributed by atoms with E-state index in [-0.39, 0.29) is 12.7 Å². The third-order valence-corrected chi connectivity index (χ3v) is 9.59. The number of nitrogens with zero attached hydrogens (tertiary/aromatic N) is 2. The molecule has 2 aromatic carbocycles. The van der Waals surface area contributed by atoms with Gasteiger partial charge in [0, 0.05) is 18.5 Å². The van der Waals surface area contributed by atoms with Gasteiger partial charge < -0.3 is 19.1 Å². The Labute approximate surface area is 315 Å². The summed E-state index contributed by atoms with van der Waals surface area (Å²) in [7, 11) is 0. The number of carbonyl (C=O) groups excluding carboxylic acids is 1. The Balaban J connectivity index is 0.00000161. The van der Waals surface area contributed by atoms with Crippen molar-refractivity contribution in [1.29, 1.82) is 5.26 Å². The molecule has 50 heavy (non-hydrogen) atoms. The van der Waals surface area contributed by atoms with E-state index in [2.05, 4.69) is 64.6 Å². The Morgan fingerprint density at radius 3 is 2.20 bits per heavy atom. The molecule has 2 aromatic rings. The van der Waals surface area contributed by atoms with Crippen molar-refractivity contribution in [3.8, 4) is 17.6 Å². The number of hydrogen-bond acceptors (Lipinski definition) is 6. The van der Waals surface area contributed by atoms with Crippen LogP contribution in [0.1, 0.15) is 97.8 Å². The minimum Gasteiger partial charge on any atom is -0.489 e. The second-order valence-electron chi connectivity index (χ2n) is 13.8. The molecule has 0 aliphatic carbocycles. The van der Waals surface area contributed by atoms with Crippen LogP contribution < -0.4 is 9.47 Å². The number of piperidine rings is 1. The van der Waals surface area contributed by atoms with Gasteiger partial charge in [0.25, 0.3) is 0 Å². The predicted octanol–water partition coefficient (Wildman–Crippen LogP) is 11.7. The van der Waals surface area contributed by atoms with Crippen LogP contribution in [-0.4, -0.2) is 55.0 Å². The highest BCUT2D eigenvalue weighted by Gasteiger charge is 2.28. The molecule has 3 rings (SSSR count). The molecule has 274 valence electrons. The van der Waals surface area contributed by atoms with E-state index in [1.807, 2.05) is 63.1 Å². The maximum atomic E-state index is 12.5. The standard InChI is InChI=1S/C37H48Cl2N2O4.C4H8S/c1-8-10-26(21-27(9-2)28-15-18-41(19-16-28)35(42)45-36(3,4)5)25-44-32-13-11-30(12-14-32)37(6,7)31-22-29(24-40)34(33(39)23-31)43-20-17-38;1-4(2)5-3/h10-14,21-23,28H,8-9,15-20,25H2,1-7H3;1H2,2-3H3/b26-10-,27-21+;. The van der Waals surface area contributed by atoms with Gasteiger partial charge in [-0.25, -0.2) is 4.79 Å². The topological polar surface area (TPSA) is 71.8 Å². The number of nitriles is 1. The fourth-order valence-corrected chi connectivity index (χ4v) is 5.90. The first kappa shape index (κ1) is 43.1. The van der Waals surface area contributed by atoms with Gasteiger partial charge in [-0.15, -0.1) is 23.4 Å². The zero-order chi connectivity index (χ0) is 37.5. The monoisotopic (exact) mass is 742 g/mol. The molecule has 0 N–H and O–H groups in total. The van der Waals surface area contributed by atoms with Crippen LogP contribution in [0.3, 0.4) is 0 Å². The molecule has 0 radical (unpaired) electrons. The summed E-state index contributed by atoms with van der Waals surface area (Å²) >= 11 is 14.0. The van der Waals surface area contributed by atoms with Gasteiger partial charge in [-0.2, -0.15) is 5.26 Å². The minimum absolute atomic E-state index is 0.223. The average Bonchev–Trinajstić information content (AvgIpc) is 3.08. The summed E-state index contributed by atoms with van der Waals surface area (Å²) in [6.45, 7) is 22.0. The largest absolute Gasteiger partial charge is 0.489 e. The Morgan fingerprint density at radius 2 is 1.70 bits per heavy atom. The van der Waals surface area contributed by atoms with Crippen LogP contribution in [0.2, 0.25) is 5.02 Å². The molecule has 1 aliphatic heterocycles. The van der Waals surface area contributed by atoms with Crippen LogP contribution in [0, 0.1) is 17.2 Å². The Morgan fingerprint density at radius 1 is 1.08 bits per heavy atom. The lowest BCUT2D eigenvalue weighted by atomic mass is 9.77. The lowest BCUT2D eigenvalue weighted by molar-refractivity contribution is 0.0193. The number of benzene rings is 2. The van der Waals surface area contributed by atoms with E-state index in [1.165, 1.54) is 10.5 Å². The van der Waals surface area contributed by atoms with Gasteiger partial charge in [-0.05, 0) is 111 Å². The molecule has 9 heteroatoms. The maximum Gasteiger partial charge on any atom is 0.410 e. The van der Waals surface area contributed by atoms with Crippen molar-refractivity contribution in [2.45, 2.75) is 92.1 Å². The zero-order valence-electron chi connectivity index (χ0n) is 31.5. The predicted molar refractivity (Wildman–Crippen MR) is 212 cm³/mol. The van der Waals surface area contributed by atoms with Crippen molar-refractivity contribution in [2.24, 2.45) is 5.92 Å². The zero-order valence-corrected chi connectivity index (χ0v) is 33.8. The molecule has 0 atom stereocenters. The fourth-order valence-electron chi connectivity index (χ4n) is 5.55. The highest BCUT2D eigenvalue weighted by Crippen LogP contribution is 2.39. The number of rotatable bonds is 13. The number of amides is 1. The summed E-state index contributed by atoms with van der Waals surface area (Å²) in [5, 5.41) is 10.1. The van der Waals surface area contributed by atoms with Crippen molar-refractivity contribution in [3.05, 3.63) is 92.9 Å². The highest BCUT2D eigenvalue weighted by atomic mass is 35.5. The molecule has 1 fully saturated rings. The van der Waals surface area contributed by atoms with E-state index in [9.17, 15) is 10.1 Å². The van der Waals surface area contributed by atoms with E-state index in [4.69, 9.17) is 37.4 Å². The first-order chi connectivity index (χ1) is 23.6. The number of halogens is 2. The summed E-state index contributed by atoms with van der Waals surface area (Å²) in [6, 6.07) is 14.0. The molecule has 0 aromatic heterocycles. The van der Waals surface area contributed by atoms with Crippen LogP contribution >= 0.6 is 35.0 Å². The van der Waals surface area contributed by atoms with Crippen molar-refractivity contribution in [1.82, 2.24) is 4.90 Å². The average molecular weight is 744 g/mol. The Hall–Kier alpha value is -3.05. The van der Waals surface area contributed by atoms with Crippen LogP contribution in [0.25, 0.3) is 0 Å². The number of hydrogen-bond donors (Lipinski definition) is 0. The van der Waals surface area contributed by atoms with Gasteiger partial charge >= 0.3 is 6.09 Å². The Bertz CT molecular complexity index is 1510. The number of ether oxygens (including phenoxy) is 3. The maximum absolute atomic E-state index is 12.5. The lowest BCUT2D eigenvalue weighted by Crippen LogP contribution is -2.42. The molecule has 0 bridgehead atoms. The smallest absolute Gasteiger partial charge is 0.410 e. The van der Waals surface area contributed by atoms with Crippen molar-refractivity contribution < 1.29 is 19.0 Å². The normalized spacial score (nSPS) is 14.3. The molecule has 0 unspecified atom stereocenters. The first-order valence-electron chi connectivity index (χ1n) is 17.3. The fraction of sp³-hybridized carbons (Fsp3) is 0.512. The molecule has 1 heterocycles. The van der Waals surface area contributed by atoms with Gasteiger partial charge in [0.05, 0.1) is 16.5 Å². The second-order valence-corrected chi connectivity index (χ2v) is 15.7. The second kappa shape index (κ2) is 20.7. The summed E-state index contributed by atoms with van der Waals surface area (Å²) < 4.78 is 17.4. The molecular formula is C41H56Cl2N2O4S. The van der Waals surface area contributed by atoms with E-state index in [0.29, 0.717) is 47.8 Å². The third kappa shape index (κ3) is 13.6. The van der Waals surface area contributed by atoms with Gasteiger partial charge in [-0.1, -0.05) is 75.7 Å². The Kier molecular flexibility index (Phi) is 17.9. The first-order valence-corrected chi connectivity index (χ1v) is 19.5. The number of alkyl halides is 1. The third-order valence-electron chi connectivity index (χ3n) is 8.46. The number of thioether (sulfide) groups is 1. The van der Waals surface area contributed by atoms with Crippen molar-refractivity contribution in [3.63, 3.8) is 0 Å².